The molecule has 2 aromatic rings. The Hall–Kier alpha value is -2.34. The lowest BCUT2D eigenvalue weighted by atomic mass is 9.81. The highest BCUT2D eigenvalue weighted by Crippen LogP contribution is 2.38. The van der Waals surface area contributed by atoms with Gasteiger partial charge in [0.25, 0.3) is 5.69 Å². The Morgan fingerprint density at radius 3 is 2.23 bits per heavy atom. The summed E-state index contributed by atoms with van der Waals surface area (Å²) >= 11 is 1.65. The number of nitro groups is 1. The second kappa shape index (κ2) is 12.5. The molecule has 0 radical (unpaired) electrons. The number of non-ortho nitro benzene ring substituents is 1. The zero-order valence-electron chi connectivity index (χ0n) is 18.8. The van der Waals surface area contributed by atoms with Gasteiger partial charge in [0.15, 0.2) is 0 Å². The molecule has 0 saturated heterocycles. The van der Waals surface area contributed by atoms with Crippen LogP contribution in [0.1, 0.15) is 63.5 Å². The fraction of sp³-hybridized carbons (Fsp3) is 0.480. The number of carbonyl (C=O) groups is 1. The van der Waals surface area contributed by atoms with Crippen LogP contribution in [0.5, 0.6) is 5.75 Å². The standard InChI is InChI=1S/C25H33NO4S/c1-4-6-14-25(18-27,15-7-5-2)19-31-24-13-10-22(26(28)29)17-21(24)16-20-8-11-23(30-3)12-9-20/h8-13,17-18H,4-7,14-16,19H2,1-3H3. The highest BCUT2D eigenvalue weighted by atomic mass is 32.2. The molecule has 5 nitrogen and oxygen atoms in total. The Kier molecular flexibility index (Phi) is 10.0. The number of nitro benzene ring substituents is 1. The van der Waals surface area contributed by atoms with Crippen LogP contribution in [0, 0.1) is 15.5 Å². The predicted octanol–water partition coefficient (Wildman–Crippen LogP) is 6.85. The summed E-state index contributed by atoms with van der Waals surface area (Å²) in [6.07, 6.45) is 7.71. The molecule has 0 saturated carbocycles. The van der Waals surface area contributed by atoms with Crippen LogP contribution in [0.3, 0.4) is 0 Å². The Labute approximate surface area is 189 Å². The van der Waals surface area contributed by atoms with Crippen LogP contribution < -0.4 is 4.74 Å². The van der Waals surface area contributed by atoms with Gasteiger partial charge in [-0.1, -0.05) is 51.7 Å². The van der Waals surface area contributed by atoms with Crippen molar-refractivity contribution < 1.29 is 14.5 Å². The fourth-order valence-corrected chi connectivity index (χ4v) is 4.90. The number of rotatable bonds is 14. The Bertz CT molecular complexity index is 843. The summed E-state index contributed by atoms with van der Waals surface area (Å²) in [7, 11) is 1.63. The van der Waals surface area contributed by atoms with Crippen molar-refractivity contribution in [3.63, 3.8) is 0 Å². The molecule has 0 atom stereocenters. The highest BCUT2D eigenvalue weighted by Gasteiger charge is 2.29. The molecule has 0 spiro atoms. The second-order valence-electron chi connectivity index (χ2n) is 8.05. The number of thioether (sulfide) groups is 1. The summed E-state index contributed by atoms with van der Waals surface area (Å²) in [6, 6.07) is 12.8. The van der Waals surface area contributed by atoms with Crippen LogP contribution in [0.2, 0.25) is 0 Å². The van der Waals surface area contributed by atoms with E-state index in [4.69, 9.17) is 4.74 Å². The summed E-state index contributed by atoms with van der Waals surface area (Å²) in [5.74, 6) is 1.48. The van der Waals surface area contributed by atoms with Gasteiger partial charge in [0, 0.05) is 28.2 Å². The van der Waals surface area contributed by atoms with Crippen molar-refractivity contribution in [3.8, 4) is 5.75 Å². The number of hydrogen-bond acceptors (Lipinski definition) is 5. The summed E-state index contributed by atoms with van der Waals surface area (Å²) < 4.78 is 5.22. The van der Waals surface area contributed by atoms with Crippen LogP contribution in [0.4, 0.5) is 5.69 Å². The van der Waals surface area contributed by atoms with E-state index in [0.717, 1.165) is 66.6 Å². The van der Waals surface area contributed by atoms with E-state index in [0.29, 0.717) is 12.2 Å². The van der Waals surface area contributed by atoms with Crippen molar-refractivity contribution in [2.24, 2.45) is 5.41 Å². The molecular formula is C25H33NO4S. The van der Waals surface area contributed by atoms with Gasteiger partial charge in [-0.3, -0.25) is 10.1 Å². The minimum Gasteiger partial charge on any atom is -0.497 e. The number of ether oxygens (including phenoxy) is 1. The van der Waals surface area contributed by atoms with Gasteiger partial charge >= 0.3 is 0 Å². The van der Waals surface area contributed by atoms with E-state index in [1.54, 1.807) is 31.0 Å². The van der Waals surface area contributed by atoms with E-state index in [-0.39, 0.29) is 16.0 Å². The maximum absolute atomic E-state index is 12.1. The maximum atomic E-state index is 12.1. The van der Waals surface area contributed by atoms with E-state index in [9.17, 15) is 14.9 Å². The molecule has 0 amide bonds. The zero-order valence-corrected chi connectivity index (χ0v) is 19.6. The number of carbonyl (C=O) groups excluding carboxylic acids is 1. The van der Waals surface area contributed by atoms with Gasteiger partial charge in [-0.05, 0) is 48.6 Å². The van der Waals surface area contributed by atoms with E-state index >= 15 is 0 Å². The molecule has 31 heavy (non-hydrogen) atoms. The first-order valence-electron chi connectivity index (χ1n) is 11.0. The third-order valence-electron chi connectivity index (χ3n) is 5.63. The van der Waals surface area contributed by atoms with Crippen LogP contribution in [-0.2, 0) is 11.2 Å². The van der Waals surface area contributed by atoms with Crippen molar-refractivity contribution in [1.29, 1.82) is 0 Å². The lowest BCUT2D eigenvalue weighted by Gasteiger charge is -2.28. The van der Waals surface area contributed by atoms with E-state index in [2.05, 4.69) is 13.8 Å². The molecule has 0 N–H and O–H groups in total. The van der Waals surface area contributed by atoms with Gasteiger partial charge in [0.1, 0.15) is 12.0 Å². The van der Waals surface area contributed by atoms with Gasteiger partial charge < -0.3 is 9.53 Å². The summed E-state index contributed by atoms with van der Waals surface area (Å²) in [5.41, 5.74) is 1.72. The number of unbranched alkanes of at least 4 members (excludes halogenated alkanes) is 2. The average molecular weight is 444 g/mol. The number of hydrogen-bond donors (Lipinski definition) is 0. The molecule has 0 unspecified atom stereocenters. The molecule has 6 heteroatoms. The maximum Gasteiger partial charge on any atom is 0.269 e. The molecule has 0 aliphatic rings. The molecule has 2 rings (SSSR count). The van der Waals surface area contributed by atoms with E-state index in [1.807, 2.05) is 30.3 Å². The first-order chi connectivity index (χ1) is 15.0. The van der Waals surface area contributed by atoms with Gasteiger partial charge in [-0.15, -0.1) is 11.8 Å². The van der Waals surface area contributed by atoms with Crippen LogP contribution in [0.15, 0.2) is 47.4 Å². The lowest BCUT2D eigenvalue weighted by Crippen LogP contribution is -2.26. The number of methoxy groups -OCH3 is 1. The van der Waals surface area contributed by atoms with Crippen LogP contribution in [0.25, 0.3) is 0 Å². The first kappa shape index (κ1) is 24.9. The molecule has 0 heterocycles. The number of nitrogens with zero attached hydrogens (tertiary/aromatic N) is 1. The average Bonchev–Trinajstić information content (AvgIpc) is 2.80. The summed E-state index contributed by atoms with van der Waals surface area (Å²) in [4.78, 5) is 24.1. The molecular weight excluding hydrogens is 410 g/mol. The highest BCUT2D eigenvalue weighted by molar-refractivity contribution is 7.99. The smallest absolute Gasteiger partial charge is 0.269 e. The van der Waals surface area contributed by atoms with Gasteiger partial charge in [0.05, 0.1) is 12.0 Å². The lowest BCUT2D eigenvalue weighted by molar-refractivity contribution is -0.385. The fourth-order valence-electron chi connectivity index (χ4n) is 3.62. The van der Waals surface area contributed by atoms with E-state index < -0.39 is 0 Å². The largest absolute Gasteiger partial charge is 0.497 e. The number of aldehydes is 1. The molecule has 0 aliphatic heterocycles. The van der Waals surface area contributed by atoms with Crippen molar-refractivity contribution in [3.05, 3.63) is 63.7 Å². The first-order valence-corrected chi connectivity index (χ1v) is 11.9. The molecule has 0 bridgehead atoms. The van der Waals surface area contributed by atoms with Crippen LogP contribution >= 0.6 is 11.8 Å². The van der Waals surface area contributed by atoms with Crippen molar-refractivity contribution >= 4 is 23.7 Å². The molecule has 168 valence electrons. The molecule has 0 aromatic heterocycles. The molecule has 0 aliphatic carbocycles. The summed E-state index contributed by atoms with van der Waals surface area (Å²) in [5, 5.41) is 11.3. The molecule has 0 fully saturated rings. The van der Waals surface area contributed by atoms with Gasteiger partial charge in [-0.25, -0.2) is 0 Å². The van der Waals surface area contributed by atoms with Crippen molar-refractivity contribution in [2.75, 3.05) is 12.9 Å². The summed E-state index contributed by atoms with van der Waals surface area (Å²) in [6.45, 7) is 4.29. The minimum atomic E-state index is -0.357. The Morgan fingerprint density at radius 1 is 1.06 bits per heavy atom. The van der Waals surface area contributed by atoms with Crippen LogP contribution in [-0.4, -0.2) is 24.1 Å². The van der Waals surface area contributed by atoms with Crippen molar-refractivity contribution in [2.45, 2.75) is 63.7 Å². The number of benzene rings is 2. The minimum absolute atomic E-state index is 0.0893. The van der Waals surface area contributed by atoms with E-state index in [1.165, 1.54) is 0 Å². The topological polar surface area (TPSA) is 69.4 Å². The molecule has 2 aromatic carbocycles. The Morgan fingerprint density at radius 2 is 1.71 bits per heavy atom. The third kappa shape index (κ3) is 7.39. The van der Waals surface area contributed by atoms with Crippen molar-refractivity contribution in [1.82, 2.24) is 0 Å². The Balaban J connectivity index is 2.28. The van der Waals surface area contributed by atoms with Gasteiger partial charge in [-0.2, -0.15) is 0 Å². The van der Waals surface area contributed by atoms with Gasteiger partial charge in [0.2, 0.25) is 0 Å². The SMILES string of the molecule is CCCCC(C=O)(CCCC)CSc1ccc([N+](=O)[O-])cc1Cc1ccc(OC)cc1. The predicted molar refractivity (Wildman–Crippen MR) is 127 cm³/mol. The second-order valence-corrected chi connectivity index (χ2v) is 9.07. The zero-order chi connectivity index (χ0) is 22.7. The normalized spacial score (nSPS) is 11.3. The monoisotopic (exact) mass is 443 g/mol. The quantitative estimate of drug-likeness (QED) is 0.138. The third-order valence-corrected chi connectivity index (χ3v) is 7.06.